The van der Waals surface area contributed by atoms with E-state index >= 15 is 0 Å². The van der Waals surface area contributed by atoms with Gasteiger partial charge in [-0.25, -0.2) is 4.39 Å². The van der Waals surface area contributed by atoms with E-state index in [0.717, 1.165) is 11.1 Å². The van der Waals surface area contributed by atoms with E-state index in [0.29, 0.717) is 31.6 Å². The van der Waals surface area contributed by atoms with Crippen molar-refractivity contribution < 1.29 is 14.0 Å². The Hall–Kier alpha value is -3.47. The van der Waals surface area contributed by atoms with E-state index in [2.05, 4.69) is 5.32 Å². The van der Waals surface area contributed by atoms with Crippen LogP contribution in [0.4, 0.5) is 4.39 Å². The molecule has 0 saturated carbocycles. The summed E-state index contributed by atoms with van der Waals surface area (Å²) in [5.74, 6) is -0.864. The molecule has 2 atom stereocenters. The predicted molar refractivity (Wildman–Crippen MR) is 118 cm³/mol. The summed E-state index contributed by atoms with van der Waals surface area (Å²) in [4.78, 5) is 27.8. The lowest BCUT2D eigenvalue weighted by molar-refractivity contribution is -0.126. The van der Waals surface area contributed by atoms with Gasteiger partial charge in [0.15, 0.2) is 0 Å². The lowest BCUT2D eigenvalue weighted by Crippen LogP contribution is -2.48. The molecule has 1 aliphatic heterocycles. The van der Waals surface area contributed by atoms with Crippen molar-refractivity contribution in [1.29, 1.82) is 0 Å². The fraction of sp³-hybridized carbons (Fsp3) is 0.231. The number of carbonyl (C=O) groups excluding carboxylic acids is 2. The van der Waals surface area contributed by atoms with Gasteiger partial charge in [0.05, 0.1) is 5.92 Å². The van der Waals surface area contributed by atoms with Crippen molar-refractivity contribution in [1.82, 2.24) is 10.2 Å². The van der Waals surface area contributed by atoms with Crippen molar-refractivity contribution >= 4 is 11.8 Å². The minimum atomic E-state index is -0.379. The first-order valence-corrected chi connectivity index (χ1v) is 10.5. The molecule has 5 heteroatoms. The second-order valence-electron chi connectivity index (χ2n) is 7.96. The third kappa shape index (κ3) is 5.18. The lowest BCUT2D eigenvalue weighted by atomic mass is 9.83. The van der Waals surface area contributed by atoms with Crippen LogP contribution in [-0.2, 0) is 11.3 Å². The third-order valence-electron chi connectivity index (χ3n) is 5.78. The zero-order chi connectivity index (χ0) is 21.6. The molecule has 1 saturated heterocycles. The number of nitrogens with one attached hydrogen (secondary N) is 1. The third-order valence-corrected chi connectivity index (χ3v) is 5.78. The molecule has 0 spiro atoms. The minimum absolute atomic E-state index is 0.0543. The minimum Gasteiger partial charge on any atom is -0.352 e. The van der Waals surface area contributed by atoms with Crippen LogP contribution in [0, 0.1) is 11.7 Å². The quantitative estimate of drug-likeness (QED) is 0.671. The van der Waals surface area contributed by atoms with Gasteiger partial charge < -0.3 is 10.2 Å². The van der Waals surface area contributed by atoms with Crippen molar-refractivity contribution in [3.63, 3.8) is 0 Å². The van der Waals surface area contributed by atoms with Crippen molar-refractivity contribution in [2.75, 3.05) is 13.1 Å². The van der Waals surface area contributed by atoms with Crippen molar-refractivity contribution in [3.8, 4) is 0 Å². The van der Waals surface area contributed by atoms with Crippen LogP contribution in [-0.4, -0.2) is 29.8 Å². The predicted octanol–water partition coefficient (Wildman–Crippen LogP) is 4.39. The van der Waals surface area contributed by atoms with E-state index in [9.17, 15) is 14.0 Å². The molecule has 31 heavy (non-hydrogen) atoms. The van der Waals surface area contributed by atoms with Crippen LogP contribution in [0.2, 0.25) is 0 Å². The maximum absolute atomic E-state index is 13.3. The standard InChI is InChI=1S/C26H25FN2O2/c27-24-13-11-21(12-14-24)26(31)29-17-22(20-9-5-2-6-10-20)15-23(18-29)25(30)28-16-19-7-3-1-4-8-19/h1-14,22-23H,15-18H2,(H,28,30)/t22-,23-/m0/s1. The molecule has 0 aliphatic carbocycles. The number of benzene rings is 3. The molecule has 1 heterocycles. The van der Waals surface area contributed by atoms with E-state index in [1.165, 1.54) is 24.3 Å². The molecule has 0 radical (unpaired) electrons. The van der Waals surface area contributed by atoms with Crippen LogP contribution in [0.3, 0.4) is 0 Å². The first-order chi connectivity index (χ1) is 15.1. The highest BCUT2D eigenvalue weighted by Crippen LogP contribution is 2.31. The molecular weight excluding hydrogens is 391 g/mol. The fourth-order valence-corrected chi connectivity index (χ4v) is 4.13. The van der Waals surface area contributed by atoms with Crippen LogP contribution >= 0.6 is 0 Å². The summed E-state index contributed by atoms with van der Waals surface area (Å²) < 4.78 is 13.3. The van der Waals surface area contributed by atoms with Crippen LogP contribution in [0.25, 0.3) is 0 Å². The highest BCUT2D eigenvalue weighted by molar-refractivity contribution is 5.94. The summed E-state index contributed by atoms with van der Waals surface area (Å²) in [6.45, 7) is 1.33. The molecule has 2 amide bonds. The molecule has 158 valence electrons. The van der Waals surface area contributed by atoms with Crippen LogP contribution < -0.4 is 5.32 Å². The number of piperidine rings is 1. The fourth-order valence-electron chi connectivity index (χ4n) is 4.13. The van der Waals surface area contributed by atoms with Gasteiger partial charge in [0, 0.05) is 31.1 Å². The normalized spacial score (nSPS) is 18.4. The van der Waals surface area contributed by atoms with E-state index in [4.69, 9.17) is 0 Å². The smallest absolute Gasteiger partial charge is 0.253 e. The van der Waals surface area contributed by atoms with E-state index in [-0.39, 0.29) is 29.5 Å². The van der Waals surface area contributed by atoms with Crippen LogP contribution in [0.15, 0.2) is 84.9 Å². The number of hydrogen-bond donors (Lipinski definition) is 1. The van der Waals surface area contributed by atoms with Gasteiger partial charge in [-0.15, -0.1) is 0 Å². The first-order valence-electron chi connectivity index (χ1n) is 10.5. The van der Waals surface area contributed by atoms with Gasteiger partial charge in [0.1, 0.15) is 5.82 Å². The summed E-state index contributed by atoms with van der Waals surface area (Å²) in [6.07, 6.45) is 0.678. The number of amides is 2. The Labute approximate surface area is 181 Å². The molecule has 1 N–H and O–H groups in total. The number of hydrogen-bond acceptors (Lipinski definition) is 2. The highest BCUT2D eigenvalue weighted by atomic mass is 19.1. The highest BCUT2D eigenvalue weighted by Gasteiger charge is 2.34. The average molecular weight is 416 g/mol. The number of halogens is 1. The van der Waals surface area contributed by atoms with E-state index in [1.54, 1.807) is 4.90 Å². The number of nitrogens with zero attached hydrogens (tertiary/aromatic N) is 1. The van der Waals surface area contributed by atoms with E-state index in [1.807, 2.05) is 60.7 Å². The molecule has 3 aromatic rings. The second kappa shape index (κ2) is 9.56. The Balaban J connectivity index is 1.52. The van der Waals surface area contributed by atoms with Gasteiger partial charge in [0.25, 0.3) is 5.91 Å². The SMILES string of the molecule is O=C(NCc1ccccc1)[C@H]1C[C@H](c2ccccc2)CN(C(=O)c2ccc(F)cc2)C1. The molecule has 1 aliphatic rings. The van der Waals surface area contributed by atoms with Gasteiger partial charge >= 0.3 is 0 Å². The average Bonchev–Trinajstić information content (AvgIpc) is 2.83. The van der Waals surface area contributed by atoms with Crippen LogP contribution in [0.1, 0.15) is 33.8 Å². The second-order valence-corrected chi connectivity index (χ2v) is 7.96. The molecule has 0 aromatic heterocycles. The number of likely N-dealkylation sites (tertiary alicyclic amines) is 1. The molecule has 1 fully saturated rings. The van der Waals surface area contributed by atoms with Crippen LogP contribution in [0.5, 0.6) is 0 Å². The topological polar surface area (TPSA) is 49.4 Å². The number of carbonyl (C=O) groups is 2. The zero-order valence-corrected chi connectivity index (χ0v) is 17.2. The summed E-state index contributed by atoms with van der Waals surface area (Å²) in [5.41, 5.74) is 2.57. The van der Waals surface area contributed by atoms with Gasteiger partial charge in [-0.2, -0.15) is 0 Å². The van der Waals surface area contributed by atoms with Gasteiger partial charge in [0.2, 0.25) is 5.91 Å². The Morgan fingerprint density at radius 1 is 0.871 bits per heavy atom. The van der Waals surface area contributed by atoms with Gasteiger partial charge in [-0.3, -0.25) is 9.59 Å². The number of rotatable bonds is 5. The maximum Gasteiger partial charge on any atom is 0.253 e. The zero-order valence-electron chi connectivity index (χ0n) is 17.2. The summed E-state index contributed by atoms with van der Waals surface area (Å²) >= 11 is 0. The first kappa shape index (κ1) is 20.8. The summed E-state index contributed by atoms with van der Waals surface area (Å²) in [6, 6.07) is 25.3. The molecule has 0 unspecified atom stereocenters. The molecular formula is C26H25FN2O2. The molecule has 0 bridgehead atoms. The monoisotopic (exact) mass is 416 g/mol. The molecule has 4 rings (SSSR count). The van der Waals surface area contributed by atoms with Gasteiger partial charge in [-0.1, -0.05) is 60.7 Å². The Morgan fingerprint density at radius 2 is 1.52 bits per heavy atom. The lowest BCUT2D eigenvalue weighted by Gasteiger charge is -2.37. The molecule has 3 aromatic carbocycles. The van der Waals surface area contributed by atoms with Crippen molar-refractivity contribution in [3.05, 3.63) is 107 Å². The summed E-state index contributed by atoms with van der Waals surface area (Å²) in [7, 11) is 0. The van der Waals surface area contributed by atoms with Crippen molar-refractivity contribution in [2.24, 2.45) is 5.92 Å². The maximum atomic E-state index is 13.3. The Bertz CT molecular complexity index is 1020. The summed E-state index contributed by atoms with van der Waals surface area (Å²) in [5, 5.41) is 3.02. The van der Waals surface area contributed by atoms with E-state index < -0.39 is 0 Å². The Morgan fingerprint density at radius 3 is 2.19 bits per heavy atom. The largest absolute Gasteiger partial charge is 0.352 e. The van der Waals surface area contributed by atoms with Gasteiger partial charge in [-0.05, 0) is 41.8 Å². The van der Waals surface area contributed by atoms with Crippen molar-refractivity contribution in [2.45, 2.75) is 18.9 Å². The Kier molecular flexibility index (Phi) is 6.41. The molecule has 4 nitrogen and oxygen atoms in total.